The van der Waals surface area contributed by atoms with Gasteiger partial charge in [0.1, 0.15) is 11.4 Å². The number of carbonyl (C=O) groups excluding carboxylic acids is 1. The Labute approximate surface area is 144 Å². The van der Waals surface area contributed by atoms with Crippen LogP contribution in [0.25, 0.3) is 11.0 Å². The van der Waals surface area contributed by atoms with Crippen molar-refractivity contribution in [2.45, 2.75) is 26.3 Å². The predicted octanol–water partition coefficient (Wildman–Crippen LogP) is 3.81. The Bertz CT molecular complexity index is 961. The Morgan fingerprint density at radius 3 is 2.60 bits per heavy atom. The summed E-state index contributed by atoms with van der Waals surface area (Å²) in [5.74, 6) is -0.724. The van der Waals surface area contributed by atoms with E-state index in [1.807, 2.05) is 12.1 Å². The number of fused-ring (bicyclic) bond motifs is 1. The minimum absolute atomic E-state index is 0.188. The number of hydrogen-bond donors (Lipinski definition) is 1. The molecule has 3 rings (SSSR count). The lowest BCUT2D eigenvalue weighted by Crippen LogP contribution is -2.23. The molecule has 1 aromatic heterocycles. The van der Waals surface area contributed by atoms with Crippen LogP contribution < -0.4 is 10.9 Å². The maximum Gasteiger partial charge on any atom is 0.336 e. The van der Waals surface area contributed by atoms with Gasteiger partial charge >= 0.3 is 5.63 Å². The summed E-state index contributed by atoms with van der Waals surface area (Å²) in [4.78, 5) is 23.9. The highest BCUT2D eigenvalue weighted by Gasteiger charge is 2.10. The number of carbonyl (C=O) groups is 1. The molecule has 0 saturated heterocycles. The fourth-order valence-electron chi connectivity index (χ4n) is 2.74. The van der Waals surface area contributed by atoms with Gasteiger partial charge in [0.25, 0.3) is 5.91 Å². The molecule has 0 atom stereocenters. The summed E-state index contributed by atoms with van der Waals surface area (Å²) in [6.07, 6.45) is 1.94. The SMILES string of the molecule is CCCc1ccc2oc(=O)cc(CNC(=O)c3ccc(F)cc3)c2c1. The van der Waals surface area contributed by atoms with Crippen LogP contribution in [0.1, 0.15) is 34.8 Å². The summed E-state index contributed by atoms with van der Waals surface area (Å²) >= 11 is 0. The molecule has 1 amide bonds. The first-order valence-corrected chi connectivity index (χ1v) is 8.16. The van der Waals surface area contributed by atoms with E-state index < -0.39 is 11.4 Å². The second-order valence-electron chi connectivity index (χ2n) is 5.86. The van der Waals surface area contributed by atoms with Crippen molar-refractivity contribution in [3.63, 3.8) is 0 Å². The van der Waals surface area contributed by atoms with Crippen LogP contribution in [0.3, 0.4) is 0 Å². The number of rotatable bonds is 5. The van der Waals surface area contributed by atoms with E-state index in [-0.39, 0.29) is 12.5 Å². The topological polar surface area (TPSA) is 59.3 Å². The van der Waals surface area contributed by atoms with Crippen molar-refractivity contribution < 1.29 is 13.6 Å². The summed E-state index contributed by atoms with van der Waals surface area (Å²) in [6.45, 7) is 2.28. The molecule has 128 valence electrons. The van der Waals surface area contributed by atoms with Crippen LogP contribution in [0.15, 0.2) is 57.7 Å². The van der Waals surface area contributed by atoms with Gasteiger partial charge in [-0.3, -0.25) is 4.79 Å². The molecule has 0 aliphatic carbocycles. The van der Waals surface area contributed by atoms with Crippen LogP contribution in [0.4, 0.5) is 4.39 Å². The van der Waals surface area contributed by atoms with Gasteiger partial charge < -0.3 is 9.73 Å². The summed E-state index contributed by atoms with van der Waals surface area (Å²) in [5.41, 5.74) is 2.25. The van der Waals surface area contributed by atoms with Crippen molar-refractivity contribution >= 4 is 16.9 Å². The van der Waals surface area contributed by atoms with Gasteiger partial charge in [0, 0.05) is 23.6 Å². The molecule has 0 fully saturated rings. The van der Waals surface area contributed by atoms with Gasteiger partial charge in [-0.1, -0.05) is 19.4 Å². The smallest absolute Gasteiger partial charge is 0.336 e. The van der Waals surface area contributed by atoms with E-state index in [0.29, 0.717) is 16.7 Å². The van der Waals surface area contributed by atoms with Crippen molar-refractivity contribution in [2.24, 2.45) is 0 Å². The van der Waals surface area contributed by atoms with Crippen molar-refractivity contribution in [1.82, 2.24) is 5.32 Å². The zero-order chi connectivity index (χ0) is 17.8. The molecule has 0 saturated carbocycles. The van der Waals surface area contributed by atoms with Crippen molar-refractivity contribution in [3.05, 3.63) is 81.5 Å². The van der Waals surface area contributed by atoms with E-state index >= 15 is 0 Å². The third kappa shape index (κ3) is 3.94. The third-order valence-corrected chi connectivity index (χ3v) is 3.98. The minimum Gasteiger partial charge on any atom is -0.423 e. The van der Waals surface area contributed by atoms with Crippen LogP contribution in [-0.4, -0.2) is 5.91 Å². The van der Waals surface area contributed by atoms with E-state index in [0.717, 1.165) is 23.8 Å². The van der Waals surface area contributed by atoms with Crippen molar-refractivity contribution in [1.29, 1.82) is 0 Å². The van der Waals surface area contributed by atoms with E-state index in [4.69, 9.17) is 4.42 Å². The molecule has 3 aromatic rings. The average molecular weight is 339 g/mol. The molecule has 5 heteroatoms. The number of nitrogens with one attached hydrogen (secondary N) is 1. The molecule has 0 spiro atoms. The Hall–Kier alpha value is -2.95. The van der Waals surface area contributed by atoms with Crippen LogP contribution in [0, 0.1) is 5.82 Å². The quantitative estimate of drug-likeness (QED) is 0.719. The fraction of sp³-hybridized carbons (Fsp3) is 0.200. The fourth-order valence-corrected chi connectivity index (χ4v) is 2.74. The van der Waals surface area contributed by atoms with Gasteiger partial charge in [-0.05, 0) is 53.9 Å². The maximum atomic E-state index is 12.9. The first-order chi connectivity index (χ1) is 12.1. The molecule has 0 aliphatic heterocycles. The summed E-state index contributed by atoms with van der Waals surface area (Å²) in [5, 5.41) is 3.57. The van der Waals surface area contributed by atoms with Gasteiger partial charge in [0.2, 0.25) is 0 Å². The van der Waals surface area contributed by atoms with Gasteiger partial charge in [-0.2, -0.15) is 0 Å². The summed E-state index contributed by atoms with van der Waals surface area (Å²) in [6, 6.07) is 12.4. The maximum absolute atomic E-state index is 12.9. The number of halogens is 1. The highest BCUT2D eigenvalue weighted by Crippen LogP contribution is 2.20. The lowest BCUT2D eigenvalue weighted by molar-refractivity contribution is 0.0951. The minimum atomic E-state index is -0.457. The molecule has 0 radical (unpaired) electrons. The lowest BCUT2D eigenvalue weighted by atomic mass is 10.0. The lowest BCUT2D eigenvalue weighted by Gasteiger charge is -2.09. The van der Waals surface area contributed by atoms with Gasteiger partial charge in [-0.25, -0.2) is 9.18 Å². The average Bonchev–Trinajstić information content (AvgIpc) is 2.60. The Balaban J connectivity index is 1.86. The van der Waals surface area contributed by atoms with E-state index in [9.17, 15) is 14.0 Å². The zero-order valence-corrected chi connectivity index (χ0v) is 13.8. The molecule has 1 N–H and O–H groups in total. The Morgan fingerprint density at radius 2 is 1.88 bits per heavy atom. The van der Waals surface area contributed by atoms with E-state index in [1.54, 1.807) is 6.07 Å². The largest absolute Gasteiger partial charge is 0.423 e. The number of aryl methyl sites for hydroxylation is 1. The van der Waals surface area contributed by atoms with E-state index in [1.165, 1.54) is 30.3 Å². The standard InChI is InChI=1S/C20H18FNO3/c1-2-3-13-4-9-18-17(10-13)15(11-19(23)25-18)12-22-20(24)14-5-7-16(21)8-6-14/h4-11H,2-3,12H2,1H3,(H,22,24). The normalized spacial score (nSPS) is 10.8. The first-order valence-electron chi connectivity index (χ1n) is 8.16. The molecule has 0 bridgehead atoms. The molecule has 1 heterocycles. The molecule has 2 aromatic carbocycles. The predicted molar refractivity (Wildman–Crippen MR) is 94.0 cm³/mol. The first kappa shape index (κ1) is 16.9. The van der Waals surface area contributed by atoms with Crippen LogP contribution in [-0.2, 0) is 13.0 Å². The van der Waals surface area contributed by atoms with E-state index in [2.05, 4.69) is 12.2 Å². The zero-order valence-electron chi connectivity index (χ0n) is 13.8. The molecule has 4 nitrogen and oxygen atoms in total. The summed E-state index contributed by atoms with van der Waals surface area (Å²) in [7, 11) is 0. The number of hydrogen-bond acceptors (Lipinski definition) is 3. The third-order valence-electron chi connectivity index (χ3n) is 3.98. The second kappa shape index (κ2) is 7.30. The molecule has 0 unspecified atom stereocenters. The Kier molecular flexibility index (Phi) is 4.93. The number of benzene rings is 2. The van der Waals surface area contributed by atoms with Gasteiger partial charge in [-0.15, -0.1) is 0 Å². The molecule has 0 aliphatic rings. The second-order valence-corrected chi connectivity index (χ2v) is 5.86. The monoisotopic (exact) mass is 339 g/mol. The van der Waals surface area contributed by atoms with Crippen LogP contribution in [0.5, 0.6) is 0 Å². The molecular weight excluding hydrogens is 321 g/mol. The van der Waals surface area contributed by atoms with Gasteiger partial charge in [0.05, 0.1) is 0 Å². The van der Waals surface area contributed by atoms with Crippen LogP contribution >= 0.6 is 0 Å². The molecular formula is C20H18FNO3. The van der Waals surface area contributed by atoms with Crippen LogP contribution in [0.2, 0.25) is 0 Å². The Morgan fingerprint density at radius 1 is 1.12 bits per heavy atom. The summed E-state index contributed by atoms with van der Waals surface area (Å²) < 4.78 is 18.2. The highest BCUT2D eigenvalue weighted by atomic mass is 19.1. The van der Waals surface area contributed by atoms with Crippen molar-refractivity contribution in [2.75, 3.05) is 0 Å². The highest BCUT2D eigenvalue weighted by molar-refractivity contribution is 5.94. The van der Waals surface area contributed by atoms with Gasteiger partial charge in [0.15, 0.2) is 0 Å². The molecule has 25 heavy (non-hydrogen) atoms. The number of amides is 1. The van der Waals surface area contributed by atoms with Crippen molar-refractivity contribution in [3.8, 4) is 0 Å².